The van der Waals surface area contributed by atoms with E-state index >= 15 is 0 Å². The predicted molar refractivity (Wildman–Crippen MR) is 128 cm³/mol. The fraction of sp³-hybridized carbons (Fsp3) is 0.440. The van der Waals surface area contributed by atoms with Gasteiger partial charge in [-0.2, -0.15) is 0 Å². The highest BCUT2D eigenvalue weighted by Gasteiger charge is 2.32. The Morgan fingerprint density at radius 3 is 2.19 bits per heavy atom. The van der Waals surface area contributed by atoms with Gasteiger partial charge in [0, 0.05) is 29.8 Å². The Balaban J connectivity index is 1.40. The Bertz CT molecular complexity index is 892. The second-order valence-corrected chi connectivity index (χ2v) is 9.04. The zero-order valence-corrected chi connectivity index (χ0v) is 19.1. The van der Waals surface area contributed by atoms with Crippen LogP contribution in [0.4, 0.5) is 10.5 Å². The number of benzene rings is 2. The maximum absolute atomic E-state index is 13.5. The Labute approximate surface area is 194 Å². The fourth-order valence-corrected chi connectivity index (χ4v) is 4.81. The smallest absolute Gasteiger partial charge is 0.320 e. The first-order valence-electron chi connectivity index (χ1n) is 11.5. The van der Waals surface area contributed by atoms with Crippen LogP contribution in [0.3, 0.4) is 0 Å². The largest absolute Gasteiger partial charge is 0.340 e. The van der Waals surface area contributed by atoms with Crippen molar-refractivity contribution in [2.45, 2.75) is 44.2 Å². The molecule has 2 N–H and O–H groups in total. The quantitative estimate of drug-likeness (QED) is 0.689. The van der Waals surface area contributed by atoms with Gasteiger partial charge < -0.3 is 20.4 Å². The van der Waals surface area contributed by atoms with Crippen LogP contribution in [0.2, 0.25) is 5.02 Å². The van der Waals surface area contributed by atoms with Gasteiger partial charge in [0.25, 0.3) is 0 Å². The Morgan fingerprint density at radius 1 is 0.875 bits per heavy atom. The monoisotopic (exact) mass is 454 g/mol. The van der Waals surface area contributed by atoms with E-state index in [9.17, 15) is 9.59 Å². The summed E-state index contributed by atoms with van der Waals surface area (Å²) in [5.74, 6) is -0.0560. The van der Waals surface area contributed by atoms with E-state index in [0.29, 0.717) is 16.8 Å². The summed E-state index contributed by atoms with van der Waals surface area (Å²) in [5, 5.41) is 6.27. The molecule has 2 aromatic carbocycles. The van der Waals surface area contributed by atoms with Crippen molar-refractivity contribution in [2.24, 2.45) is 0 Å². The van der Waals surface area contributed by atoms with E-state index in [1.807, 2.05) is 35.2 Å². The number of piperidine rings is 2. The predicted octanol–water partition coefficient (Wildman–Crippen LogP) is 4.68. The van der Waals surface area contributed by atoms with Crippen molar-refractivity contribution in [3.8, 4) is 0 Å². The number of halogens is 1. The highest BCUT2D eigenvalue weighted by atomic mass is 35.5. The topological polar surface area (TPSA) is 64.7 Å². The molecule has 6 nitrogen and oxygen atoms in total. The van der Waals surface area contributed by atoms with E-state index in [2.05, 4.69) is 15.5 Å². The summed E-state index contributed by atoms with van der Waals surface area (Å²) >= 11 is 5.92. The molecule has 2 aliphatic heterocycles. The molecule has 1 atom stereocenters. The van der Waals surface area contributed by atoms with E-state index in [0.717, 1.165) is 31.5 Å². The van der Waals surface area contributed by atoms with E-state index in [4.69, 9.17) is 11.6 Å². The minimum atomic E-state index is -0.727. The zero-order chi connectivity index (χ0) is 22.3. The first-order chi connectivity index (χ1) is 15.6. The summed E-state index contributed by atoms with van der Waals surface area (Å²) in [5.41, 5.74) is 1.40. The molecule has 2 aliphatic rings. The van der Waals surface area contributed by atoms with E-state index in [1.54, 1.807) is 24.3 Å². The van der Waals surface area contributed by atoms with Gasteiger partial charge in [0.2, 0.25) is 5.91 Å². The van der Waals surface area contributed by atoms with Crippen molar-refractivity contribution < 1.29 is 9.59 Å². The number of carbonyl (C=O) groups is 2. The van der Waals surface area contributed by atoms with Crippen LogP contribution in [-0.4, -0.2) is 54.0 Å². The van der Waals surface area contributed by atoms with Gasteiger partial charge >= 0.3 is 6.03 Å². The first kappa shape index (κ1) is 22.6. The molecule has 0 aromatic heterocycles. The number of amides is 3. The van der Waals surface area contributed by atoms with Crippen LogP contribution in [0.5, 0.6) is 0 Å². The number of urea groups is 1. The maximum atomic E-state index is 13.5. The SMILES string of the molecule is O=C(Nc1ccc(Cl)cc1)N[C@@H](C(=O)N1CCC(N2CCCCC2)CC1)c1ccccc1. The lowest BCUT2D eigenvalue weighted by Crippen LogP contribution is -2.51. The van der Waals surface area contributed by atoms with Gasteiger partial charge in [0.1, 0.15) is 6.04 Å². The lowest BCUT2D eigenvalue weighted by atomic mass is 9.98. The van der Waals surface area contributed by atoms with Crippen LogP contribution >= 0.6 is 11.6 Å². The summed E-state index contributed by atoms with van der Waals surface area (Å²) in [4.78, 5) is 30.7. The number of hydrogen-bond donors (Lipinski definition) is 2. The molecule has 170 valence electrons. The van der Waals surface area contributed by atoms with Crippen molar-refractivity contribution >= 4 is 29.2 Å². The Hall–Kier alpha value is -2.57. The molecular weight excluding hydrogens is 424 g/mol. The van der Waals surface area contributed by atoms with E-state index < -0.39 is 12.1 Å². The van der Waals surface area contributed by atoms with Gasteiger partial charge in [0.15, 0.2) is 0 Å². The van der Waals surface area contributed by atoms with Crippen LogP contribution in [0.25, 0.3) is 0 Å². The van der Waals surface area contributed by atoms with Crippen molar-refractivity contribution in [1.29, 1.82) is 0 Å². The maximum Gasteiger partial charge on any atom is 0.320 e. The molecule has 2 saturated heterocycles. The van der Waals surface area contributed by atoms with Gasteiger partial charge in [-0.3, -0.25) is 4.79 Å². The van der Waals surface area contributed by atoms with Crippen LogP contribution in [0.1, 0.15) is 43.7 Å². The van der Waals surface area contributed by atoms with Crippen LogP contribution in [-0.2, 0) is 4.79 Å². The van der Waals surface area contributed by atoms with Gasteiger partial charge in [-0.25, -0.2) is 4.79 Å². The van der Waals surface area contributed by atoms with Crippen molar-refractivity contribution in [2.75, 3.05) is 31.5 Å². The summed E-state index contributed by atoms with van der Waals surface area (Å²) in [6, 6.07) is 15.7. The normalized spacial score (nSPS) is 18.7. The molecule has 32 heavy (non-hydrogen) atoms. The number of hydrogen-bond acceptors (Lipinski definition) is 3. The third-order valence-electron chi connectivity index (χ3n) is 6.44. The second-order valence-electron chi connectivity index (χ2n) is 8.60. The highest BCUT2D eigenvalue weighted by molar-refractivity contribution is 6.30. The third-order valence-corrected chi connectivity index (χ3v) is 6.69. The van der Waals surface area contributed by atoms with E-state index in [1.165, 1.54) is 32.4 Å². The molecule has 0 unspecified atom stereocenters. The van der Waals surface area contributed by atoms with Gasteiger partial charge in [-0.05, 0) is 68.6 Å². The molecule has 3 amide bonds. The molecule has 2 aromatic rings. The number of rotatable bonds is 5. The zero-order valence-electron chi connectivity index (χ0n) is 18.3. The number of likely N-dealkylation sites (tertiary alicyclic amines) is 2. The van der Waals surface area contributed by atoms with Crippen molar-refractivity contribution in [1.82, 2.24) is 15.1 Å². The minimum Gasteiger partial charge on any atom is -0.340 e. The molecule has 4 rings (SSSR count). The van der Waals surface area contributed by atoms with Crippen LogP contribution < -0.4 is 10.6 Å². The summed E-state index contributed by atoms with van der Waals surface area (Å²) in [6.45, 7) is 3.81. The molecule has 0 spiro atoms. The molecule has 0 bridgehead atoms. The standard InChI is InChI=1S/C25H31ClN4O2/c26-20-9-11-21(12-10-20)27-25(32)28-23(19-7-3-1-4-8-19)24(31)30-17-13-22(14-18-30)29-15-5-2-6-16-29/h1,3-4,7-12,22-23H,2,5-6,13-18H2,(H2,27,28,32)/t23-/m1/s1. The van der Waals surface area contributed by atoms with Crippen molar-refractivity contribution in [3.05, 3.63) is 65.2 Å². The molecule has 7 heteroatoms. The molecule has 0 saturated carbocycles. The Kier molecular flexibility index (Phi) is 7.66. The fourth-order valence-electron chi connectivity index (χ4n) is 4.68. The average Bonchev–Trinajstić information content (AvgIpc) is 2.85. The van der Waals surface area contributed by atoms with Crippen molar-refractivity contribution in [3.63, 3.8) is 0 Å². The number of carbonyl (C=O) groups excluding carboxylic acids is 2. The van der Waals surface area contributed by atoms with Crippen LogP contribution in [0, 0.1) is 0 Å². The summed E-state index contributed by atoms with van der Waals surface area (Å²) in [6.07, 6.45) is 5.87. The molecule has 0 radical (unpaired) electrons. The molecule has 2 heterocycles. The highest BCUT2D eigenvalue weighted by Crippen LogP contribution is 2.24. The van der Waals surface area contributed by atoms with Crippen LogP contribution in [0.15, 0.2) is 54.6 Å². The first-order valence-corrected chi connectivity index (χ1v) is 11.9. The minimum absolute atomic E-state index is 0.0560. The molecule has 2 fully saturated rings. The van der Waals surface area contributed by atoms with Gasteiger partial charge in [-0.1, -0.05) is 48.4 Å². The van der Waals surface area contributed by atoms with Gasteiger partial charge in [-0.15, -0.1) is 0 Å². The lowest BCUT2D eigenvalue weighted by Gasteiger charge is -2.41. The second kappa shape index (κ2) is 10.8. The van der Waals surface area contributed by atoms with Gasteiger partial charge in [0.05, 0.1) is 0 Å². The van der Waals surface area contributed by atoms with E-state index in [-0.39, 0.29) is 5.91 Å². The molecular formula is C25H31ClN4O2. The number of nitrogens with zero attached hydrogens (tertiary/aromatic N) is 2. The summed E-state index contributed by atoms with van der Waals surface area (Å²) in [7, 11) is 0. The lowest BCUT2D eigenvalue weighted by molar-refractivity contribution is -0.135. The molecule has 0 aliphatic carbocycles. The third kappa shape index (κ3) is 5.81. The average molecular weight is 455 g/mol. The number of nitrogens with one attached hydrogen (secondary N) is 2. The summed E-state index contributed by atoms with van der Waals surface area (Å²) < 4.78 is 0. The number of anilines is 1. The Morgan fingerprint density at radius 2 is 1.53 bits per heavy atom.